The number of nitrogen functional groups attached to an aromatic ring is 2. The smallest absolute Gasteiger partial charge is 0.174 e. The fourth-order valence-corrected chi connectivity index (χ4v) is 5.12. The molecule has 0 bridgehead atoms. The van der Waals surface area contributed by atoms with Gasteiger partial charge in [-0.2, -0.15) is 0 Å². The number of halogens is 2. The van der Waals surface area contributed by atoms with E-state index >= 15 is 4.39 Å². The third kappa shape index (κ3) is 5.79. The van der Waals surface area contributed by atoms with Crippen LogP contribution in [0.3, 0.4) is 0 Å². The Bertz CT molecular complexity index is 2190. The molecular formula is C31H30F2N12O2. The molecule has 16 heteroatoms. The van der Waals surface area contributed by atoms with Crippen LogP contribution >= 0.6 is 0 Å². The van der Waals surface area contributed by atoms with E-state index < -0.39 is 23.6 Å². The minimum absolute atomic E-state index is 0.0196. The zero-order valence-corrected chi connectivity index (χ0v) is 25.3. The molecule has 0 spiro atoms. The van der Waals surface area contributed by atoms with Crippen LogP contribution in [0.2, 0.25) is 0 Å². The standard InChI is InChI=1S/C31H30F2N12O2/c1-12(2)42-30-23(28(36)38-10-40-30)26(34)19-6-14-7-22(16(32)9-18(14)45-19)47-13(3)43-31-24(29(37)39-11-41-31)27(35)20-8-15-17(44-20)4-5-21(46)25(15)33/h4-13,34-35,44-46H,1-3H3,(H3,36,38,40,42)(H3,37,39,41,43). The molecule has 6 rings (SSSR count). The van der Waals surface area contributed by atoms with E-state index in [1.807, 2.05) is 13.8 Å². The topological polar surface area (TPSA) is 236 Å². The fourth-order valence-electron chi connectivity index (χ4n) is 5.12. The number of ether oxygens (including phenoxy) is 1. The maximum Gasteiger partial charge on any atom is 0.174 e. The zero-order valence-electron chi connectivity index (χ0n) is 25.3. The number of rotatable bonds is 10. The number of aromatic nitrogens is 6. The Kier molecular flexibility index (Phi) is 7.76. The second-order valence-corrected chi connectivity index (χ2v) is 11.0. The van der Waals surface area contributed by atoms with Crippen LogP contribution in [-0.4, -0.2) is 58.7 Å². The summed E-state index contributed by atoms with van der Waals surface area (Å²) in [6.45, 7) is 5.46. The summed E-state index contributed by atoms with van der Waals surface area (Å²) in [5, 5.41) is 34.2. The van der Waals surface area contributed by atoms with Crippen molar-refractivity contribution in [3.8, 4) is 11.5 Å². The highest BCUT2D eigenvalue weighted by molar-refractivity contribution is 6.17. The molecule has 0 aliphatic heterocycles. The van der Waals surface area contributed by atoms with Gasteiger partial charge in [-0.25, -0.2) is 28.7 Å². The van der Waals surface area contributed by atoms with Gasteiger partial charge in [0.15, 0.2) is 29.4 Å². The molecule has 2 aromatic carbocycles. The van der Waals surface area contributed by atoms with Crippen LogP contribution in [0.15, 0.2) is 49.1 Å². The summed E-state index contributed by atoms with van der Waals surface area (Å²) in [6, 6.07) is 8.50. The maximum atomic E-state index is 15.3. The molecule has 47 heavy (non-hydrogen) atoms. The molecule has 4 aromatic heterocycles. The number of phenols is 1. The number of benzene rings is 2. The van der Waals surface area contributed by atoms with Crippen molar-refractivity contribution in [3.05, 3.63) is 83.2 Å². The number of anilines is 4. The van der Waals surface area contributed by atoms with Crippen LogP contribution in [0.4, 0.5) is 32.1 Å². The average Bonchev–Trinajstić information content (AvgIpc) is 3.63. The summed E-state index contributed by atoms with van der Waals surface area (Å²) in [7, 11) is 0. The first-order valence-electron chi connectivity index (χ1n) is 14.3. The molecule has 11 N–H and O–H groups in total. The summed E-state index contributed by atoms with van der Waals surface area (Å²) < 4.78 is 35.6. The maximum absolute atomic E-state index is 15.3. The van der Waals surface area contributed by atoms with Crippen LogP contribution in [0, 0.1) is 22.5 Å². The number of nitrogens with one attached hydrogen (secondary N) is 6. The summed E-state index contributed by atoms with van der Waals surface area (Å²) in [5.41, 5.74) is 13.9. The van der Waals surface area contributed by atoms with Crippen molar-refractivity contribution in [3.63, 3.8) is 0 Å². The zero-order chi connectivity index (χ0) is 33.6. The predicted molar refractivity (Wildman–Crippen MR) is 175 cm³/mol. The Hall–Kier alpha value is -6.32. The van der Waals surface area contributed by atoms with Gasteiger partial charge < -0.3 is 41.9 Å². The van der Waals surface area contributed by atoms with Crippen LogP contribution in [0.25, 0.3) is 21.8 Å². The molecule has 6 aromatic rings. The number of hydrogen-bond donors (Lipinski definition) is 9. The summed E-state index contributed by atoms with van der Waals surface area (Å²) in [6.07, 6.45) is 1.62. The first-order valence-corrected chi connectivity index (χ1v) is 14.3. The largest absolute Gasteiger partial charge is 0.505 e. The van der Waals surface area contributed by atoms with Crippen LogP contribution < -0.4 is 26.8 Å². The van der Waals surface area contributed by atoms with E-state index in [0.29, 0.717) is 33.5 Å². The number of nitrogens with two attached hydrogens (primary N) is 2. The normalized spacial score (nSPS) is 12.0. The molecular weight excluding hydrogens is 610 g/mol. The number of H-pyrrole nitrogens is 2. The summed E-state index contributed by atoms with van der Waals surface area (Å²) >= 11 is 0. The number of aromatic amines is 2. The Labute approximate surface area is 265 Å². The molecule has 0 saturated carbocycles. The van der Waals surface area contributed by atoms with Gasteiger partial charge >= 0.3 is 0 Å². The van der Waals surface area contributed by atoms with Crippen LogP contribution in [0.1, 0.15) is 43.3 Å². The van der Waals surface area contributed by atoms with Crippen molar-refractivity contribution in [2.45, 2.75) is 33.0 Å². The van der Waals surface area contributed by atoms with Crippen LogP contribution in [0.5, 0.6) is 11.5 Å². The summed E-state index contributed by atoms with van der Waals surface area (Å²) in [5.74, 6) is -1.51. The number of hydrogen-bond acceptors (Lipinski definition) is 12. The Morgan fingerprint density at radius 1 is 0.830 bits per heavy atom. The highest BCUT2D eigenvalue weighted by Crippen LogP contribution is 2.31. The van der Waals surface area contributed by atoms with Gasteiger partial charge in [0, 0.05) is 33.9 Å². The third-order valence-corrected chi connectivity index (χ3v) is 7.25. The predicted octanol–water partition coefficient (Wildman–Crippen LogP) is 4.87. The molecule has 240 valence electrons. The van der Waals surface area contributed by atoms with Gasteiger partial charge in [0.05, 0.1) is 33.9 Å². The second-order valence-electron chi connectivity index (χ2n) is 11.0. The Morgan fingerprint density at radius 3 is 2.06 bits per heavy atom. The third-order valence-electron chi connectivity index (χ3n) is 7.25. The lowest BCUT2D eigenvalue weighted by molar-refractivity contribution is 0.239. The molecule has 0 aliphatic carbocycles. The van der Waals surface area contributed by atoms with Crippen molar-refractivity contribution in [2.75, 3.05) is 22.1 Å². The molecule has 1 atom stereocenters. The second kappa shape index (κ2) is 11.9. The Morgan fingerprint density at radius 2 is 1.43 bits per heavy atom. The molecule has 0 saturated heterocycles. The monoisotopic (exact) mass is 640 g/mol. The van der Waals surface area contributed by atoms with E-state index in [1.165, 1.54) is 43.0 Å². The molecule has 0 aliphatic rings. The molecule has 0 radical (unpaired) electrons. The van der Waals surface area contributed by atoms with Crippen molar-refractivity contribution in [2.24, 2.45) is 0 Å². The first kappa shape index (κ1) is 30.7. The minimum Gasteiger partial charge on any atom is -0.505 e. The number of phenolic OH excluding ortho intramolecular Hbond substituents is 1. The van der Waals surface area contributed by atoms with Crippen molar-refractivity contribution in [1.82, 2.24) is 29.9 Å². The van der Waals surface area contributed by atoms with Crippen molar-refractivity contribution >= 4 is 56.5 Å². The molecule has 4 heterocycles. The lowest BCUT2D eigenvalue weighted by Crippen LogP contribution is -2.25. The van der Waals surface area contributed by atoms with E-state index in [9.17, 15) is 9.50 Å². The van der Waals surface area contributed by atoms with Crippen LogP contribution in [-0.2, 0) is 0 Å². The molecule has 1 unspecified atom stereocenters. The van der Waals surface area contributed by atoms with E-state index in [1.54, 1.807) is 13.0 Å². The quantitative estimate of drug-likeness (QED) is 0.0727. The lowest BCUT2D eigenvalue weighted by atomic mass is 10.1. The van der Waals surface area contributed by atoms with Crippen molar-refractivity contribution < 1.29 is 18.6 Å². The van der Waals surface area contributed by atoms with E-state index in [4.69, 9.17) is 27.0 Å². The van der Waals surface area contributed by atoms with Gasteiger partial charge in [0.1, 0.15) is 35.9 Å². The molecule has 0 fully saturated rings. The fraction of sp³-hybridized carbons (Fsp3) is 0.161. The SMILES string of the molecule is CC(C)Nc1ncnc(N)c1C(=N)c1cc2cc(OC(C)Nc3ncnc(N)c3C(=N)c3cc4c(F)c(O)ccc4[nH]3)c(F)cc2[nH]1. The molecule has 0 amide bonds. The number of fused-ring (bicyclic) bond motifs is 2. The van der Waals surface area contributed by atoms with Gasteiger partial charge in [-0.3, -0.25) is 10.8 Å². The van der Waals surface area contributed by atoms with Gasteiger partial charge in [-0.05, 0) is 51.1 Å². The van der Waals surface area contributed by atoms with E-state index in [0.717, 1.165) is 0 Å². The van der Waals surface area contributed by atoms with E-state index in [2.05, 4.69) is 40.5 Å². The highest BCUT2D eigenvalue weighted by atomic mass is 19.1. The highest BCUT2D eigenvalue weighted by Gasteiger charge is 2.23. The molecule has 14 nitrogen and oxygen atoms in total. The van der Waals surface area contributed by atoms with Gasteiger partial charge in [0.25, 0.3) is 0 Å². The average molecular weight is 641 g/mol. The first-order chi connectivity index (χ1) is 22.4. The van der Waals surface area contributed by atoms with Gasteiger partial charge in [0.2, 0.25) is 0 Å². The van der Waals surface area contributed by atoms with Crippen molar-refractivity contribution in [1.29, 1.82) is 10.8 Å². The number of aromatic hydroxyl groups is 1. The van der Waals surface area contributed by atoms with Gasteiger partial charge in [-0.1, -0.05) is 0 Å². The van der Waals surface area contributed by atoms with E-state index in [-0.39, 0.29) is 57.3 Å². The summed E-state index contributed by atoms with van der Waals surface area (Å²) in [4.78, 5) is 22.4. The Balaban J connectivity index is 1.25. The number of nitrogens with zero attached hydrogens (tertiary/aromatic N) is 4. The minimum atomic E-state index is -0.887. The lowest BCUT2D eigenvalue weighted by Gasteiger charge is -2.19. The van der Waals surface area contributed by atoms with Gasteiger partial charge in [-0.15, -0.1) is 0 Å².